The van der Waals surface area contributed by atoms with Crippen LogP contribution in [-0.2, 0) is 57.2 Å². The number of rotatable bonds is 26. The van der Waals surface area contributed by atoms with Crippen molar-refractivity contribution in [3.63, 3.8) is 0 Å². The molecule has 0 fully saturated rings. The average Bonchev–Trinajstić information content (AvgIpc) is 3.35. The summed E-state index contributed by atoms with van der Waals surface area (Å²) >= 11 is 8.25. The number of alkyl carbamates (subject to hydrolysis) is 2. The van der Waals surface area contributed by atoms with Crippen molar-refractivity contribution >= 4 is 138 Å². The Morgan fingerprint density at radius 3 is 1.05 bits per heavy atom. The highest BCUT2D eigenvalue weighted by Crippen LogP contribution is 2.33. The second-order valence-corrected chi connectivity index (χ2v) is 25.3. The van der Waals surface area contributed by atoms with Crippen LogP contribution in [0.15, 0.2) is 24.3 Å². The number of hydrogen-bond donors (Lipinski definition) is 6. The van der Waals surface area contributed by atoms with Gasteiger partial charge in [0.15, 0.2) is 12.1 Å². The van der Waals surface area contributed by atoms with E-state index < -0.39 is 95.2 Å². The monoisotopic (exact) mass is 1580 g/mol. The van der Waals surface area contributed by atoms with E-state index in [1.807, 2.05) is 27.7 Å². The van der Waals surface area contributed by atoms with Crippen LogP contribution in [0.25, 0.3) is 0 Å². The molecule has 6 amide bonds. The first-order valence-electron chi connectivity index (χ1n) is 25.3. The zero-order chi connectivity index (χ0) is 61.4. The van der Waals surface area contributed by atoms with E-state index >= 15 is 0 Å². The third kappa shape index (κ3) is 26.7. The fraction of sp³-hybridized carbons (Fsp3) is 0.564. The van der Waals surface area contributed by atoms with Crippen LogP contribution in [0.2, 0.25) is 0 Å². The molecule has 448 valence electrons. The maximum Gasteiger partial charge on any atom is 0.408 e. The van der Waals surface area contributed by atoms with E-state index in [2.05, 4.69) is 146 Å². The van der Waals surface area contributed by atoms with Crippen molar-refractivity contribution in [2.24, 2.45) is 11.8 Å². The molecule has 0 aliphatic rings. The number of benzene rings is 2. The SMILES string of the molecule is COC(=O)[C@@H](NC(=O)[C@@H](CC(C)C)NC(=O)[C@H](COCC#CCC#CCOC[C@H](NC(=O)OC(C)(C)C)C(=O)N[C@H](CC(C)C)C(=O)N[C@H](C(=O)OC)c1cc(I)c(OC)c(I)c1)NC(=O)OC(C)(C)C)c1cc(I)c(OC)c(I)c1. The number of ether oxygens (including phenoxy) is 8. The summed E-state index contributed by atoms with van der Waals surface area (Å²) in [6, 6.07) is -0.749. The van der Waals surface area contributed by atoms with Gasteiger partial charge in [-0.2, -0.15) is 0 Å². The molecule has 26 heteroatoms. The molecule has 0 aliphatic heterocycles. The Morgan fingerprint density at radius 1 is 0.469 bits per heavy atom. The van der Waals surface area contributed by atoms with E-state index in [-0.39, 0.29) is 57.5 Å². The van der Waals surface area contributed by atoms with Crippen LogP contribution in [0.3, 0.4) is 0 Å². The van der Waals surface area contributed by atoms with E-state index in [1.54, 1.807) is 65.8 Å². The molecule has 2 aromatic rings. The van der Waals surface area contributed by atoms with Crippen molar-refractivity contribution in [2.75, 3.05) is 54.9 Å². The van der Waals surface area contributed by atoms with E-state index in [4.69, 9.17) is 37.9 Å². The minimum atomic E-state index is -1.35. The Balaban J connectivity index is 2.21. The van der Waals surface area contributed by atoms with E-state index in [0.29, 0.717) is 36.9 Å². The first-order valence-corrected chi connectivity index (χ1v) is 29.6. The largest absolute Gasteiger partial charge is 0.495 e. The van der Waals surface area contributed by atoms with Gasteiger partial charge in [0.2, 0.25) is 23.6 Å². The molecule has 0 saturated carbocycles. The molecule has 0 saturated heterocycles. The van der Waals surface area contributed by atoms with Crippen LogP contribution >= 0.6 is 90.4 Å². The summed E-state index contributed by atoms with van der Waals surface area (Å²) in [5.74, 6) is 7.81. The number of halogens is 4. The third-order valence-electron chi connectivity index (χ3n) is 10.6. The molecule has 0 spiro atoms. The molecule has 0 bridgehead atoms. The van der Waals surface area contributed by atoms with Crippen molar-refractivity contribution in [3.8, 4) is 35.2 Å². The van der Waals surface area contributed by atoms with Gasteiger partial charge in [-0.15, -0.1) is 0 Å². The van der Waals surface area contributed by atoms with Crippen LogP contribution in [0.1, 0.15) is 112 Å². The number of hydrogen-bond acceptors (Lipinski definition) is 16. The topological polar surface area (TPSA) is 283 Å². The van der Waals surface area contributed by atoms with Gasteiger partial charge in [0, 0.05) is 0 Å². The summed E-state index contributed by atoms with van der Waals surface area (Å²) in [4.78, 5) is 108. The average molecular weight is 1580 g/mol. The normalized spacial score (nSPS) is 13.4. The fourth-order valence-corrected chi connectivity index (χ4v) is 11.6. The van der Waals surface area contributed by atoms with E-state index in [1.165, 1.54) is 28.4 Å². The number of carbonyl (C=O) groups is 8. The lowest BCUT2D eigenvalue weighted by atomic mass is 10.0. The number of esters is 2. The number of amides is 6. The van der Waals surface area contributed by atoms with E-state index in [9.17, 15) is 38.4 Å². The Kier molecular flexibility index (Phi) is 31.7. The quantitative estimate of drug-likeness (QED) is 0.0187. The Hall–Kier alpha value is -4.64. The minimum absolute atomic E-state index is 0.0492. The van der Waals surface area contributed by atoms with Crippen molar-refractivity contribution in [1.29, 1.82) is 0 Å². The van der Waals surface area contributed by atoms with Crippen molar-refractivity contribution < 1.29 is 76.3 Å². The summed E-state index contributed by atoms with van der Waals surface area (Å²) in [6.07, 6.45) is -1.46. The van der Waals surface area contributed by atoms with Gasteiger partial charge in [0.05, 0.1) is 62.4 Å². The maximum absolute atomic E-state index is 13.9. The first kappa shape index (κ1) is 72.5. The van der Waals surface area contributed by atoms with Gasteiger partial charge in [-0.05, 0) is 192 Å². The van der Waals surface area contributed by atoms with Gasteiger partial charge >= 0.3 is 24.1 Å². The highest BCUT2D eigenvalue weighted by Gasteiger charge is 2.35. The minimum Gasteiger partial charge on any atom is -0.495 e. The number of methoxy groups -OCH3 is 4. The van der Waals surface area contributed by atoms with Crippen LogP contribution < -0.4 is 41.4 Å². The summed E-state index contributed by atoms with van der Waals surface area (Å²) in [5.41, 5.74) is -0.963. The van der Waals surface area contributed by atoms with Crippen molar-refractivity contribution in [2.45, 2.75) is 136 Å². The predicted molar refractivity (Wildman–Crippen MR) is 334 cm³/mol. The Morgan fingerprint density at radius 2 is 0.778 bits per heavy atom. The molecule has 81 heavy (non-hydrogen) atoms. The van der Waals surface area contributed by atoms with Crippen molar-refractivity contribution in [1.82, 2.24) is 31.9 Å². The molecule has 6 N–H and O–H groups in total. The summed E-state index contributed by atoms with van der Waals surface area (Å²) in [5, 5.41) is 15.9. The van der Waals surface area contributed by atoms with Gasteiger partial charge in [0.1, 0.15) is 60.1 Å². The standard InChI is InChI=1S/C55H74I4N6O16/c1-30(2)22-38(46(66)64-42(50(70)76-13)32-24-34(56)44(74-11)35(57)25-32)60-48(68)40(62-52(72)80-54(5,6)7)28-78-20-18-16-15-17-19-21-79-29-41(63-53(73)81-55(8,9)10)49(69)61-39(23-31(3)4)47(67)65-43(51(71)77-14)33-26-36(58)45(75-12)37(59)27-33/h24-27,30-31,38-43H,15,20-23,28-29H2,1-14H3,(H,60,68)(H,61,69)(H,62,72)(H,63,73)(H,64,66)(H,65,67)/t38-,39-,40+,41+,42+,43+/m1/s1. The van der Waals surface area contributed by atoms with Gasteiger partial charge in [-0.25, -0.2) is 19.2 Å². The van der Waals surface area contributed by atoms with Gasteiger partial charge in [-0.3, -0.25) is 19.2 Å². The molecule has 0 aliphatic carbocycles. The zero-order valence-corrected chi connectivity index (χ0v) is 56.6. The van der Waals surface area contributed by atoms with Crippen molar-refractivity contribution in [3.05, 3.63) is 49.7 Å². The third-order valence-corrected chi connectivity index (χ3v) is 13.8. The molecular formula is C55H74I4N6O16. The molecule has 0 unspecified atom stereocenters. The molecule has 2 aromatic carbocycles. The van der Waals surface area contributed by atoms with Gasteiger partial charge < -0.3 is 69.8 Å². The predicted octanol–water partition coefficient (Wildman–Crippen LogP) is 6.76. The van der Waals surface area contributed by atoms with Crippen LogP contribution in [0.5, 0.6) is 11.5 Å². The lowest BCUT2D eigenvalue weighted by Crippen LogP contribution is -2.56. The summed E-state index contributed by atoms with van der Waals surface area (Å²) in [7, 11) is 5.44. The summed E-state index contributed by atoms with van der Waals surface area (Å²) < 4.78 is 45.9. The first-order chi connectivity index (χ1) is 37.8. The highest BCUT2D eigenvalue weighted by atomic mass is 127. The number of carbonyl (C=O) groups excluding carboxylic acids is 8. The summed E-state index contributed by atoms with van der Waals surface area (Å²) in [6.45, 7) is 16.2. The highest BCUT2D eigenvalue weighted by molar-refractivity contribution is 14.1. The molecule has 0 aromatic heterocycles. The lowest BCUT2D eigenvalue weighted by Gasteiger charge is -2.27. The zero-order valence-electron chi connectivity index (χ0n) is 47.9. The second kappa shape index (κ2) is 35.5. The molecule has 0 radical (unpaired) electrons. The smallest absolute Gasteiger partial charge is 0.408 e. The molecular weight excluding hydrogens is 1510 g/mol. The van der Waals surface area contributed by atoms with E-state index in [0.717, 1.165) is 0 Å². The van der Waals surface area contributed by atoms with Crippen LogP contribution in [0.4, 0.5) is 9.59 Å². The number of nitrogens with one attached hydrogen (secondary N) is 6. The van der Waals surface area contributed by atoms with Crippen LogP contribution in [0, 0.1) is 49.8 Å². The fourth-order valence-electron chi connectivity index (χ4n) is 7.10. The van der Waals surface area contributed by atoms with Gasteiger partial charge in [-0.1, -0.05) is 51.4 Å². The molecule has 22 nitrogen and oxygen atoms in total. The maximum atomic E-state index is 13.9. The Bertz CT molecular complexity index is 2430. The molecule has 6 atom stereocenters. The van der Waals surface area contributed by atoms with Crippen LogP contribution in [-0.4, -0.2) is 138 Å². The molecule has 2 rings (SSSR count). The molecule has 0 heterocycles. The Labute approximate surface area is 529 Å². The van der Waals surface area contributed by atoms with Gasteiger partial charge in [0.25, 0.3) is 0 Å². The second-order valence-electron chi connectivity index (χ2n) is 20.7. The lowest BCUT2D eigenvalue weighted by molar-refractivity contribution is -0.146.